The molecule has 0 fully saturated rings. The van der Waals surface area contributed by atoms with Crippen LogP contribution in [0, 0.1) is 20.8 Å². The van der Waals surface area contributed by atoms with Crippen LogP contribution in [-0.2, 0) is 5.75 Å². The Morgan fingerprint density at radius 3 is 2.60 bits per heavy atom. The lowest BCUT2D eigenvalue weighted by molar-refractivity contribution is 0.454. The highest BCUT2D eigenvalue weighted by Gasteiger charge is 2.07. The lowest BCUT2D eigenvalue weighted by Gasteiger charge is -2.09. The second-order valence-electron chi connectivity index (χ2n) is 5.92. The molecule has 0 unspecified atom stereocenters. The molecular formula is C20H19ClN2OS. The fraction of sp³-hybridized carbons (Fsp3) is 0.200. The predicted octanol–water partition coefficient (Wildman–Crippen LogP) is 6.14. The van der Waals surface area contributed by atoms with Crippen molar-refractivity contribution in [2.45, 2.75) is 31.7 Å². The smallest absolute Gasteiger partial charge is 0.223 e. The third-order valence-corrected chi connectivity index (χ3v) is 4.95. The standard InChI is InChI=1S/C20H19ClN2OS/c1-13-5-4-6-16(9-13)12-25-20-22-15(3)11-19(23-20)24-17-7-8-18(21)14(2)10-17/h4-11H,12H2,1-3H3. The highest BCUT2D eigenvalue weighted by molar-refractivity contribution is 7.98. The van der Waals surface area contributed by atoms with Crippen molar-refractivity contribution >= 4 is 23.4 Å². The van der Waals surface area contributed by atoms with E-state index in [1.807, 2.05) is 38.1 Å². The normalized spacial score (nSPS) is 10.7. The Kier molecular flexibility index (Phi) is 5.61. The Morgan fingerprint density at radius 2 is 1.84 bits per heavy atom. The predicted molar refractivity (Wildman–Crippen MR) is 104 cm³/mol. The second-order valence-corrected chi connectivity index (χ2v) is 7.27. The van der Waals surface area contributed by atoms with Crippen molar-refractivity contribution in [3.63, 3.8) is 0 Å². The number of hydrogen-bond acceptors (Lipinski definition) is 4. The number of nitrogens with zero attached hydrogens (tertiary/aromatic N) is 2. The largest absolute Gasteiger partial charge is 0.439 e. The SMILES string of the molecule is Cc1cccc(CSc2nc(C)cc(Oc3ccc(Cl)c(C)c3)n2)c1. The van der Waals surface area contributed by atoms with Gasteiger partial charge in [0.05, 0.1) is 0 Å². The van der Waals surface area contributed by atoms with Crippen LogP contribution in [0.5, 0.6) is 11.6 Å². The van der Waals surface area contributed by atoms with Gasteiger partial charge in [0.1, 0.15) is 5.75 Å². The van der Waals surface area contributed by atoms with E-state index in [0.717, 1.165) is 27.8 Å². The van der Waals surface area contributed by atoms with Gasteiger partial charge in [-0.05, 0) is 50.1 Å². The van der Waals surface area contributed by atoms with Crippen LogP contribution in [0.3, 0.4) is 0 Å². The third-order valence-electron chi connectivity index (χ3n) is 3.61. The first kappa shape index (κ1) is 17.8. The maximum atomic E-state index is 6.06. The molecule has 0 amide bonds. The van der Waals surface area contributed by atoms with Gasteiger partial charge in [-0.1, -0.05) is 53.2 Å². The molecule has 2 aromatic carbocycles. The number of ether oxygens (including phenoxy) is 1. The van der Waals surface area contributed by atoms with E-state index in [1.165, 1.54) is 11.1 Å². The Balaban J connectivity index is 1.74. The maximum Gasteiger partial charge on any atom is 0.223 e. The number of aryl methyl sites for hydroxylation is 3. The maximum absolute atomic E-state index is 6.06. The van der Waals surface area contributed by atoms with E-state index in [-0.39, 0.29) is 0 Å². The fourth-order valence-corrected chi connectivity index (χ4v) is 3.34. The lowest BCUT2D eigenvalue weighted by Crippen LogP contribution is -1.95. The molecule has 0 saturated heterocycles. The molecule has 3 aromatic rings. The molecule has 0 bridgehead atoms. The van der Waals surface area contributed by atoms with Crippen LogP contribution in [0.15, 0.2) is 53.7 Å². The first-order valence-corrected chi connectivity index (χ1v) is 9.34. The van der Waals surface area contributed by atoms with Crippen molar-refractivity contribution in [3.05, 3.63) is 75.9 Å². The number of thioether (sulfide) groups is 1. The first-order chi connectivity index (χ1) is 12.0. The Labute approximate surface area is 157 Å². The zero-order valence-corrected chi connectivity index (χ0v) is 16.0. The molecule has 3 rings (SSSR count). The second kappa shape index (κ2) is 7.89. The van der Waals surface area contributed by atoms with E-state index in [1.54, 1.807) is 11.8 Å². The van der Waals surface area contributed by atoms with Gasteiger partial charge >= 0.3 is 0 Å². The monoisotopic (exact) mass is 370 g/mol. The van der Waals surface area contributed by atoms with E-state index in [4.69, 9.17) is 16.3 Å². The summed E-state index contributed by atoms with van der Waals surface area (Å²) in [5, 5.41) is 1.43. The van der Waals surface area contributed by atoms with Crippen LogP contribution in [0.4, 0.5) is 0 Å². The lowest BCUT2D eigenvalue weighted by atomic mass is 10.2. The summed E-state index contributed by atoms with van der Waals surface area (Å²) in [5.74, 6) is 2.08. The summed E-state index contributed by atoms with van der Waals surface area (Å²) < 4.78 is 5.88. The summed E-state index contributed by atoms with van der Waals surface area (Å²) in [4.78, 5) is 9.01. The summed E-state index contributed by atoms with van der Waals surface area (Å²) in [7, 11) is 0. The van der Waals surface area contributed by atoms with Gasteiger partial charge in [-0.25, -0.2) is 4.98 Å². The van der Waals surface area contributed by atoms with E-state index < -0.39 is 0 Å². The quantitative estimate of drug-likeness (QED) is 0.399. The highest BCUT2D eigenvalue weighted by Crippen LogP contribution is 2.27. The van der Waals surface area contributed by atoms with Crippen molar-refractivity contribution in [2.24, 2.45) is 0 Å². The van der Waals surface area contributed by atoms with Gasteiger partial charge in [0.15, 0.2) is 5.16 Å². The molecule has 128 valence electrons. The molecule has 0 spiro atoms. The fourth-order valence-electron chi connectivity index (χ4n) is 2.38. The number of benzene rings is 2. The minimum Gasteiger partial charge on any atom is -0.439 e. The summed E-state index contributed by atoms with van der Waals surface area (Å²) in [6, 6.07) is 15.9. The Morgan fingerprint density at radius 1 is 1.00 bits per heavy atom. The first-order valence-electron chi connectivity index (χ1n) is 7.97. The summed E-state index contributed by atoms with van der Waals surface area (Å²) in [6.07, 6.45) is 0. The summed E-state index contributed by atoms with van der Waals surface area (Å²) in [6.45, 7) is 5.99. The summed E-state index contributed by atoms with van der Waals surface area (Å²) in [5.41, 5.74) is 4.36. The zero-order valence-electron chi connectivity index (χ0n) is 14.4. The van der Waals surface area contributed by atoms with Gasteiger partial charge in [0.2, 0.25) is 5.88 Å². The summed E-state index contributed by atoms with van der Waals surface area (Å²) >= 11 is 7.66. The average Bonchev–Trinajstić information content (AvgIpc) is 2.56. The molecular weight excluding hydrogens is 352 g/mol. The van der Waals surface area contributed by atoms with Crippen LogP contribution >= 0.6 is 23.4 Å². The van der Waals surface area contributed by atoms with E-state index in [2.05, 4.69) is 41.2 Å². The van der Waals surface area contributed by atoms with Crippen LogP contribution in [-0.4, -0.2) is 9.97 Å². The van der Waals surface area contributed by atoms with E-state index >= 15 is 0 Å². The van der Waals surface area contributed by atoms with Gasteiger partial charge in [-0.3, -0.25) is 0 Å². The molecule has 5 heteroatoms. The number of rotatable bonds is 5. The van der Waals surface area contributed by atoms with E-state index in [9.17, 15) is 0 Å². The van der Waals surface area contributed by atoms with Gasteiger partial charge in [-0.2, -0.15) is 4.98 Å². The van der Waals surface area contributed by atoms with Crippen LogP contribution in [0.25, 0.3) is 0 Å². The van der Waals surface area contributed by atoms with Crippen molar-refractivity contribution in [3.8, 4) is 11.6 Å². The Bertz CT molecular complexity index is 899. The minimum atomic E-state index is 0.543. The third kappa shape index (κ3) is 4.97. The zero-order chi connectivity index (χ0) is 17.8. The molecule has 0 aliphatic rings. The van der Waals surface area contributed by atoms with Crippen molar-refractivity contribution in [1.29, 1.82) is 0 Å². The van der Waals surface area contributed by atoms with Gasteiger partial charge in [0.25, 0.3) is 0 Å². The molecule has 25 heavy (non-hydrogen) atoms. The number of halogens is 1. The van der Waals surface area contributed by atoms with Gasteiger partial charge < -0.3 is 4.74 Å². The van der Waals surface area contributed by atoms with Crippen LogP contribution < -0.4 is 4.74 Å². The van der Waals surface area contributed by atoms with Crippen LogP contribution in [0.1, 0.15) is 22.4 Å². The number of aromatic nitrogens is 2. The minimum absolute atomic E-state index is 0.543. The molecule has 3 nitrogen and oxygen atoms in total. The molecule has 0 N–H and O–H groups in total. The molecule has 0 aliphatic heterocycles. The molecule has 0 saturated carbocycles. The van der Waals surface area contributed by atoms with Gasteiger partial charge in [0, 0.05) is 22.5 Å². The Hall–Kier alpha value is -2.04. The van der Waals surface area contributed by atoms with Crippen molar-refractivity contribution < 1.29 is 4.74 Å². The topological polar surface area (TPSA) is 35.0 Å². The molecule has 1 aromatic heterocycles. The molecule has 0 aliphatic carbocycles. The van der Waals surface area contributed by atoms with Crippen molar-refractivity contribution in [2.75, 3.05) is 0 Å². The molecule has 0 atom stereocenters. The number of hydrogen-bond donors (Lipinski definition) is 0. The van der Waals surface area contributed by atoms with Gasteiger partial charge in [-0.15, -0.1) is 0 Å². The van der Waals surface area contributed by atoms with Crippen LogP contribution in [0.2, 0.25) is 5.02 Å². The average molecular weight is 371 g/mol. The van der Waals surface area contributed by atoms with Crippen molar-refractivity contribution in [1.82, 2.24) is 9.97 Å². The van der Waals surface area contributed by atoms with E-state index in [0.29, 0.717) is 11.0 Å². The molecule has 0 radical (unpaired) electrons. The molecule has 1 heterocycles. The highest BCUT2D eigenvalue weighted by atomic mass is 35.5.